The quantitative estimate of drug-likeness (QED) is 0.352. The average molecular weight is 488 g/mol. The monoisotopic (exact) mass is 487 g/mol. The molecule has 2 heterocycles. The fourth-order valence-corrected chi connectivity index (χ4v) is 4.68. The van der Waals surface area contributed by atoms with E-state index >= 15 is 0 Å². The van der Waals surface area contributed by atoms with Gasteiger partial charge in [0.05, 0.1) is 37.7 Å². The van der Waals surface area contributed by atoms with Gasteiger partial charge in [0.15, 0.2) is 0 Å². The number of methoxy groups -OCH3 is 2. The lowest BCUT2D eigenvalue weighted by molar-refractivity contribution is 0.412. The standard InChI is InChI=1S/C29H32N4O3/c1-17-7-14-24(36-6)18(2)26(17)28-27-23(15-25(31-28)32(4)21-10-11-21)29(34)33(16-30-27)19(3)20-8-12-22(35-5)13-9-20/h7-9,12-16,19,21H,10-11H2,1-6H3/t19-/m1/s1/i4D3. The van der Waals surface area contributed by atoms with Gasteiger partial charge in [-0.15, -0.1) is 0 Å². The molecule has 0 bridgehead atoms. The summed E-state index contributed by atoms with van der Waals surface area (Å²) >= 11 is 0. The fraction of sp³-hybridized carbons (Fsp3) is 0.345. The molecule has 1 fully saturated rings. The largest absolute Gasteiger partial charge is 0.497 e. The lowest BCUT2D eigenvalue weighted by Gasteiger charge is -2.22. The molecule has 7 nitrogen and oxygen atoms in total. The fourth-order valence-electron chi connectivity index (χ4n) is 4.68. The Hall–Kier alpha value is -3.87. The molecule has 1 aliphatic carbocycles. The van der Waals surface area contributed by atoms with E-state index in [2.05, 4.69) is 0 Å². The second-order valence-corrected chi connectivity index (χ2v) is 9.32. The van der Waals surface area contributed by atoms with Crippen molar-refractivity contribution in [2.45, 2.75) is 45.7 Å². The summed E-state index contributed by atoms with van der Waals surface area (Å²) in [4.78, 5) is 25.0. The molecule has 7 heteroatoms. The number of rotatable bonds is 7. The first-order valence-electron chi connectivity index (χ1n) is 13.5. The number of benzene rings is 2. The van der Waals surface area contributed by atoms with Crippen molar-refractivity contribution in [3.8, 4) is 22.8 Å². The van der Waals surface area contributed by atoms with Crippen LogP contribution in [0.3, 0.4) is 0 Å². The zero-order valence-electron chi connectivity index (χ0n) is 24.2. The zero-order valence-corrected chi connectivity index (χ0v) is 21.2. The van der Waals surface area contributed by atoms with E-state index in [1.165, 1.54) is 11.2 Å². The van der Waals surface area contributed by atoms with Crippen LogP contribution >= 0.6 is 0 Å². The van der Waals surface area contributed by atoms with Crippen LogP contribution in [0.15, 0.2) is 53.6 Å². The predicted octanol–water partition coefficient (Wildman–Crippen LogP) is 5.30. The summed E-state index contributed by atoms with van der Waals surface area (Å²) in [6.07, 6.45) is 3.06. The first kappa shape index (κ1) is 20.3. The number of anilines is 1. The Morgan fingerprint density at radius 2 is 1.86 bits per heavy atom. The molecule has 0 spiro atoms. The minimum atomic E-state index is -2.41. The maximum absolute atomic E-state index is 14.0. The third kappa shape index (κ3) is 4.08. The zero-order chi connectivity index (χ0) is 28.1. The number of hydrogen-bond acceptors (Lipinski definition) is 6. The lowest BCUT2D eigenvalue weighted by Crippen LogP contribution is -2.26. The van der Waals surface area contributed by atoms with Gasteiger partial charge in [-0.05, 0) is 69.0 Å². The van der Waals surface area contributed by atoms with Crippen LogP contribution < -0.4 is 19.9 Å². The van der Waals surface area contributed by atoms with Gasteiger partial charge in [0.1, 0.15) is 22.8 Å². The van der Waals surface area contributed by atoms with E-state index < -0.39 is 6.98 Å². The average Bonchev–Trinajstić information content (AvgIpc) is 3.73. The molecule has 0 unspecified atom stereocenters. The van der Waals surface area contributed by atoms with Crippen LogP contribution in [0.4, 0.5) is 5.82 Å². The summed E-state index contributed by atoms with van der Waals surface area (Å²) in [5.41, 5.74) is 4.06. The summed E-state index contributed by atoms with van der Waals surface area (Å²) in [5.74, 6) is 1.65. The van der Waals surface area contributed by atoms with Gasteiger partial charge >= 0.3 is 0 Å². The minimum absolute atomic E-state index is 0.153. The lowest BCUT2D eigenvalue weighted by atomic mass is 9.97. The Bertz CT molecular complexity index is 1600. The summed E-state index contributed by atoms with van der Waals surface area (Å²) in [6, 6.07) is 12.5. The number of fused-ring (bicyclic) bond motifs is 1. The molecule has 2 aromatic heterocycles. The third-order valence-electron chi connectivity index (χ3n) is 7.01. The minimum Gasteiger partial charge on any atom is -0.497 e. The van der Waals surface area contributed by atoms with Crippen molar-refractivity contribution in [1.82, 2.24) is 14.5 Å². The maximum atomic E-state index is 14.0. The highest BCUT2D eigenvalue weighted by atomic mass is 16.5. The Morgan fingerprint density at radius 1 is 1.11 bits per heavy atom. The Balaban J connectivity index is 1.78. The van der Waals surface area contributed by atoms with Gasteiger partial charge in [-0.3, -0.25) is 9.36 Å². The van der Waals surface area contributed by atoms with Crippen molar-refractivity contribution >= 4 is 16.7 Å². The smallest absolute Gasteiger partial charge is 0.261 e. The van der Waals surface area contributed by atoms with Crippen molar-refractivity contribution in [3.05, 3.63) is 75.8 Å². The number of nitrogens with zero attached hydrogens (tertiary/aromatic N) is 4. The Morgan fingerprint density at radius 3 is 2.50 bits per heavy atom. The second kappa shape index (κ2) is 9.30. The predicted molar refractivity (Wildman–Crippen MR) is 143 cm³/mol. The molecule has 0 radical (unpaired) electrons. The molecule has 1 aliphatic rings. The van der Waals surface area contributed by atoms with E-state index in [1.807, 2.05) is 57.2 Å². The topological polar surface area (TPSA) is 69.5 Å². The van der Waals surface area contributed by atoms with Crippen LogP contribution in [-0.4, -0.2) is 41.8 Å². The van der Waals surface area contributed by atoms with Crippen molar-refractivity contribution in [3.63, 3.8) is 0 Å². The van der Waals surface area contributed by atoms with Crippen LogP contribution in [0, 0.1) is 13.8 Å². The summed E-state index contributed by atoms with van der Waals surface area (Å²) in [5, 5.41) is 0.314. The van der Waals surface area contributed by atoms with Gasteiger partial charge in [-0.1, -0.05) is 18.2 Å². The van der Waals surface area contributed by atoms with Crippen molar-refractivity contribution in [2.75, 3.05) is 26.1 Å². The molecular weight excluding hydrogens is 452 g/mol. The molecule has 1 saturated carbocycles. The van der Waals surface area contributed by atoms with Gasteiger partial charge in [0.2, 0.25) is 0 Å². The molecule has 36 heavy (non-hydrogen) atoms. The molecular formula is C29H32N4O3. The molecule has 0 N–H and O–H groups in total. The van der Waals surface area contributed by atoms with E-state index in [-0.39, 0.29) is 23.5 Å². The van der Waals surface area contributed by atoms with Crippen LogP contribution in [-0.2, 0) is 0 Å². The van der Waals surface area contributed by atoms with Crippen molar-refractivity contribution in [1.29, 1.82) is 0 Å². The molecule has 0 saturated heterocycles. The second-order valence-electron chi connectivity index (χ2n) is 9.32. The number of aryl methyl sites for hydroxylation is 1. The van der Waals surface area contributed by atoms with Crippen molar-refractivity contribution in [2.24, 2.45) is 0 Å². The molecule has 2 aromatic carbocycles. The van der Waals surface area contributed by atoms with Gasteiger partial charge in [0.25, 0.3) is 5.56 Å². The first-order chi connectivity index (χ1) is 18.5. The van der Waals surface area contributed by atoms with Gasteiger partial charge in [0, 0.05) is 28.3 Å². The normalized spacial score (nSPS) is 15.6. The molecule has 1 atom stereocenters. The maximum Gasteiger partial charge on any atom is 0.261 e. The molecule has 5 rings (SSSR count). The van der Waals surface area contributed by atoms with E-state index in [9.17, 15) is 4.79 Å². The van der Waals surface area contributed by atoms with Gasteiger partial charge in [-0.2, -0.15) is 0 Å². The van der Waals surface area contributed by atoms with E-state index in [4.69, 9.17) is 23.6 Å². The van der Waals surface area contributed by atoms with Crippen LogP contribution in [0.2, 0.25) is 0 Å². The molecule has 0 aliphatic heterocycles. The highest BCUT2D eigenvalue weighted by Gasteiger charge is 2.29. The first-order valence-corrected chi connectivity index (χ1v) is 12.0. The summed E-state index contributed by atoms with van der Waals surface area (Å²) in [6.45, 7) is 3.40. The highest BCUT2D eigenvalue weighted by molar-refractivity contribution is 5.94. The van der Waals surface area contributed by atoms with E-state index in [0.717, 1.165) is 40.8 Å². The highest BCUT2D eigenvalue weighted by Crippen LogP contribution is 2.38. The Labute approximate surface area is 215 Å². The molecule has 186 valence electrons. The summed E-state index contributed by atoms with van der Waals surface area (Å²) < 4.78 is 37.1. The third-order valence-corrected chi connectivity index (χ3v) is 7.01. The molecule has 4 aromatic rings. The van der Waals surface area contributed by atoms with Crippen LogP contribution in [0.1, 0.15) is 46.6 Å². The SMILES string of the molecule is [2H]C([2H])([2H])N(c1cc2c(=O)n([C@H](C)c3ccc(OC)cc3)cnc2c(-c2c(C)ccc(OC)c2C)n1)C1CC1. The van der Waals surface area contributed by atoms with E-state index in [0.29, 0.717) is 22.3 Å². The van der Waals surface area contributed by atoms with Crippen LogP contribution in [0.25, 0.3) is 22.2 Å². The molecule has 0 amide bonds. The summed E-state index contributed by atoms with van der Waals surface area (Å²) in [7, 11) is 3.21. The number of aromatic nitrogens is 3. The Kier molecular flexibility index (Phi) is 5.25. The van der Waals surface area contributed by atoms with Gasteiger partial charge in [-0.25, -0.2) is 9.97 Å². The van der Waals surface area contributed by atoms with Crippen LogP contribution in [0.5, 0.6) is 11.5 Å². The number of pyridine rings is 1. The van der Waals surface area contributed by atoms with Gasteiger partial charge < -0.3 is 14.4 Å². The number of ether oxygens (including phenoxy) is 2. The van der Waals surface area contributed by atoms with E-state index in [1.54, 1.807) is 24.9 Å². The van der Waals surface area contributed by atoms with Crippen molar-refractivity contribution < 1.29 is 13.6 Å². The number of hydrogen-bond donors (Lipinski definition) is 0.